The van der Waals surface area contributed by atoms with E-state index in [0.29, 0.717) is 25.2 Å². The van der Waals surface area contributed by atoms with Crippen LogP contribution in [0.3, 0.4) is 0 Å². The SMILES string of the molecule is CCOc1ccc2c(c1)C[C@H](NC(=O)C(F)(F)F)C2. The molecule has 0 unspecified atom stereocenters. The highest BCUT2D eigenvalue weighted by Crippen LogP contribution is 2.27. The Labute approximate surface area is 108 Å². The van der Waals surface area contributed by atoms with Gasteiger partial charge < -0.3 is 10.1 Å². The number of halogens is 3. The fraction of sp³-hybridized carbons (Fsp3) is 0.462. The standard InChI is InChI=1S/C13H14F3NO2/c1-2-19-11-4-3-8-5-10(6-9(8)7-11)17-12(18)13(14,15)16/h3-4,7,10H,2,5-6H2,1H3,(H,17,18)/t10-/m1/s1. The summed E-state index contributed by atoms with van der Waals surface area (Å²) in [4.78, 5) is 10.9. The van der Waals surface area contributed by atoms with Gasteiger partial charge in [0.2, 0.25) is 0 Å². The normalized spacial score (nSPS) is 18.0. The van der Waals surface area contributed by atoms with Crippen LogP contribution in [0.2, 0.25) is 0 Å². The van der Waals surface area contributed by atoms with E-state index in [9.17, 15) is 18.0 Å². The van der Waals surface area contributed by atoms with Gasteiger partial charge in [0.1, 0.15) is 5.75 Å². The van der Waals surface area contributed by atoms with Crippen molar-refractivity contribution >= 4 is 5.91 Å². The number of carbonyl (C=O) groups is 1. The fourth-order valence-electron chi connectivity index (χ4n) is 2.22. The van der Waals surface area contributed by atoms with Crippen molar-refractivity contribution in [3.63, 3.8) is 0 Å². The number of carbonyl (C=O) groups excluding carboxylic acids is 1. The summed E-state index contributed by atoms with van der Waals surface area (Å²) in [5.74, 6) is -1.18. The number of rotatable bonds is 3. The minimum Gasteiger partial charge on any atom is -0.494 e. The molecule has 0 aliphatic heterocycles. The molecule has 104 valence electrons. The van der Waals surface area contributed by atoms with Crippen molar-refractivity contribution in [2.45, 2.75) is 32.0 Å². The van der Waals surface area contributed by atoms with Crippen LogP contribution in [-0.4, -0.2) is 24.7 Å². The molecule has 0 fully saturated rings. The van der Waals surface area contributed by atoms with Gasteiger partial charge in [-0.3, -0.25) is 4.79 Å². The van der Waals surface area contributed by atoms with Crippen LogP contribution < -0.4 is 10.1 Å². The van der Waals surface area contributed by atoms with Gasteiger partial charge in [-0.15, -0.1) is 0 Å². The summed E-state index contributed by atoms with van der Waals surface area (Å²) in [6.45, 7) is 2.40. The van der Waals surface area contributed by atoms with E-state index in [1.807, 2.05) is 24.4 Å². The minimum atomic E-state index is -4.83. The van der Waals surface area contributed by atoms with Crippen LogP contribution in [0.1, 0.15) is 18.1 Å². The molecule has 0 heterocycles. The molecule has 1 N–H and O–H groups in total. The Balaban J connectivity index is 2.02. The van der Waals surface area contributed by atoms with E-state index in [1.165, 1.54) is 0 Å². The second-order valence-corrected chi connectivity index (χ2v) is 4.44. The molecule has 0 saturated heterocycles. The number of fused-ring (bicyclic) bond motifs is 1. The lowest BCUT2D eigenvalue weighted by molar-refractivity contribution is -0.174. The van der Waals surface area contributed by atoms with E-state index < -0.39 is 18.1 Å². The molecular formula is C13H14F3NO2. The average molecular weight is 273 g/mol. The largest absolute Gasteiger partial charge is 0.494 e. The zero-order chi connectivity index (χ0) is 14.0. The number of nitrogens with one attached hydrogen (secondary N) is 1. The Bertz CT molecular complexity index is 485. The lowest BCUT2D eigenvalue weighted by atomic mass is 10.1. The third kappa shape index (κ3) is 3.19. The van der Waals surface area contributed by atoms with Crippen LogP contribution in [0.15, 0.2) is 18.2 Å². The molecule has 0 aromatic heterocycles. The van der Waals surface area contributed by atoms with Gasteiger partial charge in [-0.2, -0.15) is 13.2 Å². The monoisotopic (exact) mass is 273 g/mol. The van der Waals surface area contributed by atoms with Crippen LogP contribution in [0, 0.1) is 0 Å². The zero-order valence-electron chi connectivity index (χ0n) is 10.4. The Morgan fingerprint density at radius 3 is 2.68 bits per heavy atom. The second-order valence-electron chi connectivity index (χ2n) is 4.44. The van der Waals surface area contributed by atoms with E-state index in [2.05, 4.69) is 0 Å². The maximum atomic E-state index is 12.2. The highest BCUT2D eigenvalue weighted by atomic mass is 19.4. The number of hydrogen-bond donors (Lipinski definition) is 1. The van der Waals surface area contributed by atoms with Crippen LogP contribution >= 0.6 is 0 Å². The van der Waals surface area contributed by atoms with Gasteiger partial charge in [0.05, 0.1) is 6.61 Å². The van der Waals surface area contributed by atoms with Gasteiger partial charge in [0, 0.05) is 6.04 Å². The number of hydrogen-bond acceptors (Lipinski definition) is 2. The molecular weight excluding hydrogens is 259 g/mol. The van der Waals surface area contributed by atoms with E-state index >= 15 is 0 Å². The predicted octanol–water partition coefficient (Wildman–Crippen LogP) is 2.23. The molecule has 1 aliphatic carbocycles. The summed E-state index contributed by atoms with van der Waals surface area (Å²) >= 11 is 0. The van der Waals surface area contributed by atoms with Crippen molar-refractivity contribution in [1.29, 1.82) is 0 Å². The van der Waals surface area contributed by atoms with E-state index in [1.54, 1.807) is 6.07 Å². The first-order valence-corrected chi connectivity index (χ1v) is 6.02. The molecule has 1 atom stereocenters. The Morgan fingerprint density at radius 2 is 2.05 bits per heavy atom. The van der Waals surface area contributed by atoms with E-state index in [-0.39, 0.29) is 0 Å². The highest BCUT2D eigenvalue weighted by molar-refractivity contribution is 5.82. The molecule has 0 radical (unpaired) electrons. The topological polar surface area (TPSA) is 38.3 Å². The predicted molar refractivity (Wildman–Crippen MR) is 63.0 cm³/mol. The minimum absolute atomic E-state index is 0.401. The first-order valence-electron chi connectivity index (χ1n) is 6.02. The fourth-order valence-corrected chi connectivity index (χ4v) is 2.22. The van der Waals surface area contributed by atoms with Crippen LogP contribution in [0.4, 0.5) is 13.2 Å². The van der Waals surface area contributed by atoms with Crippen molar-refractivity contribution in [2.75, 3.05) is 6.61 Å². The lowest BCUT2D eigenvalue weighted by Crippen LogP contribution is -2.43. The maximum absolute atomic E-state index is 12.2. The van der Waals surface area contributed by atoms with E-state index in [0.717, 1.165) is 11.1 Å². The first kappa shape index (κ1) is 13.7. The van der Waals surface area contributed by atoms with Gasteiger partial charge in [0.15, 0.2) is 0 Å². The van der Waals surface area contributed by atoms with Gasteiger partial charge in [-0.25, -0.2) is 0 Å². The number of amides is 1. The molecule has 3 nitrogen and oxygen atoms in total. The summed E-state index contributed by atoms with van der Waals surface area (Å²) in [5, 5.41) is 2.01. The lowest BCUT2D eigenvalue weighted by Gasteiger charge is -2.13. The van der Waals surface area contributed by atoms with Gasteiger partial charge in [-0.1, -0.05) is 6.07 Å². The third-order valence-electron chi connectivity index (χ3n) is 3.01. The molecule has 0 spiro atoms. The molecule has 1 aliphatic rings. The van der Waals surface area contributed by atoms with Gasteiger partial charge >= 0.3 is 12.1 Å². The summed E-state index contributed by atoms with van der Waals surface area (Å²) in [6, 6.07) is 4.94. The summed E-state index contributed by atoms with van der Waals surface area (Å²) in [5.41, 5.74) is 1.88. The molecule has 1 amide bonds. The van der Waals surface area contributed by atoms with Crippen LogP contribution in [0.5, 0.6) is 5.75 Å². The molecule has 0 saturated carbocycles. The van der Waals surface area contributed by atoms with E-state index in [4.69, 9.17) is 4.74 Å². The smallest absolute Gasteiger partial charge is 0.471 e. The van der Waals surface area contributed by atoms with Crippen molar-refractivity contribution in [2.24, 2.45) is 0 Å². The maximum Gasteiger partial charge on any atom is 0.471 e. The average Bonchev–Trinajstić information content (AvgIpc) is 2.69. The second kappa shape index (κ2) is 5.11. The van der Waals surface area contributed by atoms with Crippen LogP contribution in [0.25, 0.3) is 0 Å². The van der Waals surface area contributed by atoms with Crippen molar-refractivity contribution in [3.05, 3.63) is 29.3 Å². The molecule has 6 heteroatoms. The molecule has 19 heavy (non-hydrogen) atoms. The van der Waals surface area contributed by atoms with Gasteiger partial charge in [0.25, 0.3) is 0 Å². The molecule has 1 aromatic rings. The number of benzene rings is 1. The molecule has 0 bridgehead atoms. The number of ether oxygens (including phenoxy) is 1. The van der Waals surface area contributed by atoms with Crippen molar-refractivity contribution in [1.82, 2.24) is 5.32 Å². The summed E-state index contributed by atoms with van der Waals surface area (Å²) < 4.78 is 41.8. The first-order chi connectivity index (χ1) is 8.90. The summed E-state index contributed by atoms with van der Waals surface area (Å²) in [7, 11) is 0. The Kier molecular flexibility index (Phi) is 3.68. The van der Waals surface area contributed by atoms with Gasteiger partial charge in [-0.05, 0) is 43.0 Å². The zero-order valence-corrected chi connectivity index (χ0v) is 10.4. The number of alkyl halides is 3. The van der Waals surface area contributed by atoms with Crippen LogP contribution in [-0.2, 0) is 17.6 Å². The highest BCUT2D eigenvalue weighted by Gasteiger charge is 2.40. The van der Waals surface area contributed by atoms with Crippen molar-refractivity contribution < 1.29 is 22.7 Å². The molecule has 1 aromatic carbocycles. The Morgan fingerprint density at radius 1 is 1.37 bits per heavy atom. The summed E-state index contributed by atoms with van der Waals surface area (Å²) in [6.07, 6.45) is -4.01. The Hall–Kier alpha value is -1.72. The quantitative estimate of drug-likeness (QED) is 0.917. The van der Waals surface area contributed by atoms with Crippen molar-refractivity contribution in [3.8, 4) is 5.75 Å². The third-order valence-corrected chi connectivity index (χ3v) is 3.01. The molecule has 2 rings (SSSR count).